The summed E-state index contributed by atoms with van der Waals surface area (Å²) in [5, 5.41) is 13.7. The van der Waals surface area contributed by atoms with Crippen LogP contribution in [0.5, 0.6) is 5.75 Å². The van der Waals surface area contributed by atoms with Crippen molar-refractivity contribution in [3.05, 3.63) is 34.4 Å². The molecule has 1 aliphatic rings. The highest BCUT2D eigenvalue weighted by atomic mass is 16.6. The van der Waals surface area contributed by atoms with Gasteiger partial charge in [-0.25, -0.2) is 0 Å². The SMILES string of the molecule is C[C@@H]1[C@H](C)CCC[C@@H]1NC(=O)[C@@H](C)Oc1ccc([N+](=O)[O-])cc1. The molecule has 0 spiro atoms. The van der Waals surface area contributed by atoms with E-state index in [1.165, 1.54) is 30.7 Å². The first-order valence-electron chi connectivity index (χ1n) is 8.10. The van der Waals surface area contributed by atoms with Crippen molar-refractivity contribution in [2.24, 2.45) is 11.8 Å². The molecule has 0 aromatic heterocycles. The highest BCUT2D eigenvalue weighted by molar-refractivity contribution is 5.81. The fourth-order valence-electron chi connectivity index (χ4n) is 2.99. The molecule has 1 amide bonds. The Morgan fingerprint density at radius 1 is 1.30 bits per heavy atom. The molecule has 1 aromatic rings. The molecule has 23 heavy (non-hydrogen) atoms. The molecule has 1 aliphatic carbocycles. The number of rotatable bonds is 5. The molecule has 126 valence electrons. The van der Waals surface area contributed by atoms with Gasteiger partial charge >= 0.3 is 0 Å². The normalized spacial score (nSPS) is 25.4. The maximum atomic E-state index is 12.3. The van der Waals surface area contributed by atoms with Crippen molar-refractivity contribution < 1.29 is 14.5 Å². The number of nitro benzene ring substituents is 1. The Morgan fingerprint density at radius 3 is 2.57 bits per heavy atom. The largest absolute Gasteiger partial charge is 0.481 e. The van der Waals surface area contributed by atoms with Crippen LogP contribution in [0, 0.1) is 22.0 Å². The predicted molar refractivity (Wildman–Crippen MR) is 87.3 cm³/mol. The van der Waals surface area contributed by atoms with Crippen LogP contribution >= 0.6 is 0 Å². The Balaban J connectivity index is 1.90. The first-order chi connectivity index (χ1) is 10.9. The summed E-state index contributed by atoms with van der Waals surface area (Å²) < 4.78 is 5.58. The third-order valence-electron chi connectivity index (χ3n) is 4.76. The van der Waals surface area contributed by atoms with Gasteiger partial charge in [-0.05, 0) is 37.3 Å². The van der Waals surface area contributed by atoms with E-state index in [0.717, 1.165) is 12.8 Å². The van der Waals surface area contributed by atoms with Gasteiger partial charge < -0.3 is 10.1 Å². The molecule has 1 aromatic carbocycles. The van der Waals surface area contributed by atoms with Crippen LogP contribution < -0.4 is 10.1 Å². The second-order valence-corrected chi connectivity index (χ2v) is 6.39. The van der Waals surface area contributed by atoms with Crippen LogP contribution in [0.1, 0.15) is 40.0 Å². The molecule has 0 aliphatic heterocycles. The minimum Gasteiger partial charge on any atom is -0.481 e. The van der Waals surface area contributed by atoms with E-state index < -0.39 is 11.0 Å². The molecule has 0 unspecified atom stereocenters. The van der Waals surface area contributed by atoms with E-state index in [4.69, 9.17) is 4.74 Å². The molecule has 2 rings (SSSR count). The van der Waals surface area contributed by atoms with E-state index in [0.29, 0.717) is 17.6 Å². The number of hydrogen-bond acceptors (Lipinski definition) is 4. The minimum atomic E-state index is -0.638. The Hall–Kier alpha value is -2.11. The Kier molecular flexibility index (Phi) is 5.58. The van der Waals surface area contributed by atoms with E-state index >= 15 is 0 Å². The molecule has 0 radical (unpaired) electrons. The second kappa shape index (κ2) is 7.44. The van der Waals surface area contributed by atoms with Gasteiger partial charge in [0.1, 0.15) is 5.75 Å². The number of hydrogen-bond donors (Lipinski definition) is 1. The van der Waals surface area contributed by atoms with E-state index in [1.54, 1.807) is 6.92 Å². The molecule has 0 bridgehead atoms. The van der Waals surface area contributed by atoms with Gasteiger partial charge in [0.2, 0.25) is 0 Å². The zero-order valence-electron chi connectivity index (χ0n) is 13.8. The summed E-state index contributed by atoms with van der Waals surface area (Å²) in [6, 6.07) is 5.94. The summed E-state index contributed by atoms with van der Waals surface area (Å²) in [7, 11) is 0. The first kappa shape index (κ1) is 17.2. The molecule has 0 heterocycles. The highest BCUT2D eigenvalue weighted by Crippen LogP contribution is 2.29. The summed E-state index contributed by atoms with van der Waals surface area (Å²) in [6.07, 6.45) is 2.71. The third-order valence-corrected chi connectivity index (χ3v) is 4.76. The van der Waals surface area contributed by atoms with Crippen molar-refractivity contribution in [1.29, 1.82) is 0 Å². The van der Waals surface area contributed by atoms with Crippen molar-refractivity contribution in [3.63, 3.8) is 0 Å². The van der Waals surface area contributed by atoms with Crippen LogP contribution in [0.2, 0.25) is 0 Å². The van der Waals surface area contributed by atoms with Crippen molar-refractivity contribution in [2.75, 3.05) is 0 Å². The van der Waals surface area contributed by atoms with Crippen LogP contribution in [0.25, 0.3) is 0 Å². The van der Waals surface area contributed by atoms with E-state index in [-0.39, 0.29) is 17.6 Å². The molecule has 1 fully saturated rings. The van der Waals surface area contributed by atoms with Gasteiger partial charge in [-0.1, -0.05) is 26.7 Å². The minimum absolute atomic E-state index is 0.000488. The maximum Gasteiger partial charge on any atom is 0.269 e. The predicted octanol–water partition coefficient (Wildman–Crippen LogP) is 3.30. The molecule has 1 saturated carbocycles. The molecule has 6 nitrogen and oxygen atoms in total. The number of nitrogens with one attached hydrogen (secondary N) is 1. The maximum absolute atomic E-state index is 12.3. The summed E-state index contributed by atoms with van der Waals surface area (Å²) >= 11 is 0. The summed E-state index contributed by atoms with van der Waals surface area (Å²) in [6.45, 7) is 6.09. The van der Waals surface area contributed by atoms with Gasteiger partial charge in [-0.3, -0.25) is 14.9 Å². The summed E-state index contributed by atoms with van der Waals surface area (Å²) in [4.78, 5) is 22.5. The van der Waals surface area contributed by atoms with Gasteiger partial charge in [-0.15, -0.1) is 0 Å². The van der Waals surface area contributed by atoms with Gasteiger partial charge in [0.15, 0.2) is 6.10 Å². The topological polar surface area (TPSA) is 81.5 Å². The van der Waals surface area contributed by atoms with Crippen molar-refractivity contribution in [2.45, 2.75) is 52.2 Å². The first-order valence-corrected chi connectivity index (χ1v) is 8.10. The Bertz CT molecular complexity index is 558. The van der Waals surface area contributed by atoms with Crippen molar-refractivity contribution in [3.8, 4) is 5.75 Å². The smallest absolute Gasteiger partial charge is 0.269 e. The lowest BCUT2D eigenvalue weighted by Gasteiger charge is -2.35. The summed E-state index contributed by atoms with van der Waals surface area (Å²) in [5.74, 6) is 1.37. The summed E-state index contributed by atoms with van der Waals surface area (Å²) in [5.41, 5.74) is -0.000488. The van der Waals surface area contributed by atoms with E-state index in [9.17, 15) is 14.9 Å². The van der Waals surface area contributed by atoms with E-state index in [2.05, 4.69) is 19.2 Å². The second-order valence-electron chi connectivity index (χ2n) is 6.39. The van der Waals surface area contributed by atoms with Crippen LogP contribution in [-0.4, -0.2) is 23.0 Å². The lowest BCUT2D eigenvalue weighted by Crippen LogP contribution is -2.48. The van der Waals surface area contributed by atoms with Gasteiger partial charge in [-0.2, -0.15) is 0 Å². The molecular formula is C17H24N2O4. The lowest BCUT2D eigenvalue weighted by molar-refractivity contribution is -0.384. The number of nitro groups is 1. The van der Waals surface area contributed by atoms with Gasteiger partial charge in [0.25, 0.3) is 11.6 Å². The Labute approximate surface area is 136 Å². The fraction of sp³-hybridized carbons (Fsp3) is 0.588. The monoisotopic (exact) mass is 320 g/mol. The number of non-ortho nitro benzene ring substituents is 1. The lowest BCUT2D eigenvalue weighted by atomic mass is 9.78. The van der Waals surface area contributed by atoms with Gasteiger partial charge in [0.05, 0.1) is 4.92 Å². The zero-order chi connectivity index (χ0) is 17.0. The molecular weight excluding hydrogens is 296 g/mol. The van der Waals surface area contributed by atoms with Crippen molar-refractivity contribution >= 4 is 11.6 Å². The quantitative estimate of drug-likeness (QED) is 0.666. The number of nitrogens with zero attached hydrogens (tertiary/aromatic N) is 1. The molecule has 4 atom stereocenters. The van der Waals surface area contributed by atoms with Crippen molar-refractivity contribution in [1.82, 2.24) is 5.32 Å². The zero-order valence-corrected chi connectivity index (χ0v) is 13.8. The number of amides is 1. The molecule has 6 heteroatoms. The fourth-order valence-corrected chi connectivity index (χ4v) is 2.99. The highest BCUT2D eigenvalue weighted by Gasteiger charge is 2.29. The average molecular weight is 320 g/mol. The number of benzene rings is 1. The number of carbonyl (C=O) groups is 1. The van der Waals surface area contributed by atoms with Crippen LogP contribution in [0.15, 0.2) is 24.3 Å². The third kappa shape index (κ3) is 4.43. The molecule has 1 N–H and O–H groups in total. The van der Waals surface area contributed by atoms with Gasteiger partial charge in [0, 0.05) is 18.2 Å². The standard InChI is InChI=1S/C17H24N2O4/c1-11-5-4-6-16(12(11)2)18-17(20)13(3)23-15-9-7-14(8-10-15)19(21)22/h7-13,16H,4-6H2,1-3H3,(H,18,20)/t11-,12-,13-,16+/m1/s1. The number of ether oxygens (including phenoxy) is 1. The average Bonchev–Trinajstić information content (AvgIpc) is 2.52. The molecule has 0 saturated heterocycles. The number of carbonyl (C=O) groups excluding carboxylic acids is 1. The van der Waals surface area contributed by atoms with E-state index in [1.807, 2.05) is 0 Å². The van der Waals surface area contributed by atoms with Crippen LogP contribution in [0.4, 0.5) is 5.69 Å². The van der Waals surface area contributed by atoms with Crippen LogP contribution in [0.3, 0.4) is 0 Å². The van der Waals surface area contributed by atoms with Crippen LogP contribution in [-0.2, 0) is 4.79 Å². The Morgan fingerprint density at radius 2 is 1.96 bits per heavy atom.